The lowest BCUT2D eigenvalue weighted by atomic mass is 9.90. The minimum Gasteiger partial charge on any atom is -0.394 e. The van der Waals surface area contributed by atoms with E-state index in [4.69, 9.17) is 21.0 Å². The summed E-state index contributed by atoms with van der Waals surface area (Å²) in [7, 11) is 0. The minimum absolute atomic E-state index is 0.261. The molecule has 0 aromatic rings. The Kier molecular flexibility index (Phi) is 4.41. The molecule has 108 valence electrons. The molecule has 0 unspecified atom stereocenters. The fourth-order valence-electron chi connectivity index (χ4n) is 2.65. The van der Waals surface area contributed by atoms with Crippen LogP contribution in [0.5, 0.6) is 0 Å². The van der Waals surface area contributed by atoms with E-state index in [1.165, 1.54) is 6.08 Å². The lowest BCUT2D eigenvalue weighted by molar-refractivity contribution is -0.230. The van der Waals surface area contributed by atoms with E-state index >= 15 is 0 Å². The molecule has 2 aliphatic rings. The summed E-state index contributed by atoms with van der Waals surface area (Å²) in [5.41, 5.74) is 2.13. The predicted molar refractivity (Wildman–Crippen MR) is 71.6 cm³/mol. The zero-order chi connectivity index (χ0) is 14.8. The molecule has 20 heavy (non-hydrogen) atoms. The van der Waals surface area contributed by atoms with Gasteiger partial charge in [-0.25, -0.2) is 0 Å². The quantitative estimate of drug-likeness (QED) is 0.442. The number of aliphatic hydroxyl groups is 2. The summed E-state index contributed by atoms with van der Waals surface area (Å²) in [5.74, 6) is 1.36. The molecule has 0 aromatic carbocycles. The van der Waals surface area contributed by atoms with Gasteiger partial charge in [0.1, 0.15) is 6.10 Å². The normalized spacial score (nSPS) is 34.4. The second-order valence-corrected chi connectivity index (χ2v) is 5.13. The molecule has 5 nitrogen and oxygen atoms in total. The first-order valence-electron chi connectivity index (χ1n) is 6.46. The van der Waals surface area contributed by atoms with Crippen LogP contribution in [0.25, 0.3) is 0 Å². The van der Waals surface area contributed by atoms with Gasteiger partial charge < -0.3 is 19.7 Å². The van der Waals surface area contributed by atoms with E-state index in [0.717, 1.165) is 11.1 Å². The molecule has 0 saturated carbocycles. The molecule has 0 aliphatic carbocycles. The number of allylic oxidation sites excluding steroid dienone is 2. The summed E-state index contributed by atoms with van der Waals surface area (Å²) in [5, 5.41) is 19.0. The van der Waals surface area contributed by atoms with Gasteiger partial charge in [0.05, 0.1) is 19.3 Å². The van der Waals surface area contributed by atoms with Gasteiger partial charge in [-0.2, -0.15) is 0 Å². The highest BCUT2D eigenvalue weighted by atomic mass is 16.7. The Morgan fingerprint density at radius 1 is 1.65 bits per heavy atom. The van der Waals surface area contributed by atoms with Gasteiger partial charge in [-0.05, 0) is 24.1 Å². The molecule has 0 radical (unpaired) electrons. The highest BCUT2D eigenvalue weighted by molar-refractivity contribution is 5.81. The highest BCUT2D eigenvalue weighted by Gasteiger charge is 2.49. The van der Waals surface area contributed by atoms with Crippen LogP contribution in [-0.2, 0) is 14.3 Å². The lowest BCUT2D eigenvalue weighted by Gasteiger charge is -2.35. The number of aldehydes is 1. The number of hydrogen-bond donors (Lipinski definition) is 2. The SMILES string of the molecule is C#C/C=C(/C=O)C1=C(C)CO[C@]2(C1)C[C@H](O)[C@@H](CO)O2. The Balaban J connectivity index is 2.27. The van der Waals surface area contributed by atoms with E-state index in [2.05, 4.69) is 5.92 Å². The van der Waals surface area contributed by atoms with E-state index in [-0.39, 0.29) is 13.0 Å². The Morgan fingerprint density at radius 2 is 2.40 bits per heavy atom. The molecule has 0 aromatic heterocycles. The maximum Gasteiger partial charge on any atom is 0.175 e. The fraction of sp³-hybridized carbons (Fsp3) is 0.533. The maximum atomic E-state index is 11.2. The van der Waals surface area contributed by atoms with Crippen molar-refractivity contribution in [3.63, 3.8) is 0 Å². The summed E-state index contributed by atoms with van der Waals surface area (Å²) in [6, 6.07) is 0. The number of ether oxygens (including phenoxy) is 2. The van der Waals surface area contributed by atoms with Crippen molar-refractivity contribution in [1.82, 2.24) is 0 Å². The van der Waals surface area contributed by atoms with Gasteiger partial charge in [0, 0.05) is 18.4 Å². The first-order valence-corrected chi connectivity index (χ1v) is 6.46. The smallest absolute Gasteiger partial charge is 0.175 e. The number of carbonyl (C=O) groups excluding carboxylic acids is 1. The number of aliphatic hydroxyl groups excluding tert-OH is 2. The second-order valence-electron chi connectivity index (χ2n) is 5.13. The van der Waals surface area contributed by atoms with E-state index in [9.17, 15) is 9.90 Å². The molecule has 5 heteroatoms. The number of carbonyl (C=O) groups is 1. The van der Waals surface area contributed by atoms with Gasteiger partial charge in [-0.1, -0.05) is 5.92 Å². The Labute approximate surface area is 117 Å². The lowest BCUT2D eigenvalue weighted by Crippen LogP contribution is -2.38. The molecular weight excluding hydrogens is 260 g/mol. The molecule has 0 bridgehead atoms. The summed E-state index contributed by atoms with van der Waals surface area (Å²) >= 11 is 0. The van der Waals surface area contributed by atoms with Crippen molar-refractivity contribution in [3.05, 3.63) is 22.8 Å². The largest absolute Gasteiger partial charge is 0.394 e. The third-order valence-electron chi connectivity index (χ3n) is 3.72. The van der Waals surface area contributed by atoms with Crippen molar-refractivity contribution in [2.45, 2.75) is 37.8 Å². The van der Waals surface area contributed by atoms with Crippen LogP contribution in [0.1, 0.15) is 19.8 Å². The Bertz CT molecular complexity index is 499. The van der Waals surface area contributed by atoms with Crippen LogP contribution in [0.15, 0.2) is 22.8 Å². The number of terminal acetylenes is 1. The second kappa shape index (κ2) is 5.90. The Hall–Kier alpha value is -1.45. The van der Waals surface area contributed by atoms with E-state index in [1.807, 2.05) is 6.92 Å². The van der Waals surface area contributed by atoms with E-state index in [1.54, 1.807) is 0 Å². The van der Waals surface area contributed by atoms with Gasteiger partial charge in [0.25, 0.3) is 0 Å². The molecule has 1 saturated heterocycles. The summed E-state index contributed by atoms with van der Waals surface area (Å²) in [6.45, 7) is 1.89. The van der Waals surface area contributed by atoms with Crippen molar-refractivity contribution in [2.75, 3.05) is 13.2 Å². The molecule has 1 spiro atoms. The van der Waals surface area contributed by atoms with Gasteiger partial charge >= 0.3 is 0 Å². The zero-order valence-electron chi connectivity index (χ0n) is 11.3. The van der Waals surface area contributed by atoms with Crippen molar-refractivity contribution in [1.29, 1.82) is 0 Å². The molecule has 3 atom stereocenters. The minimum atomic E-state index is -0.988. The topological polar surface area (TPSA) is 76.0 Å². The van der Waals surface area contributed by atoms with Gasteiger partial charge in [-0.3, -0.25) is 4.79 Å². The van der Waals surface area contributed by atoms with Crippen molar-refractivity contribution < 1.29 is 24.5 Å². The Morgan fingerprint density at radius 3 is 2.95 bits per heavy atom. The van der Waals surface area contributed by atoms with Crippen LogP contribution in [0.2, 0.25) is 0 Å². The summed E-state index contributed by atoms with van der Waals surface area (Å²) < 4.78 is 11.3. The van der Waals surface area contributed by atoms with Gasteiger partial charge in [-0.15, -0.1) is 6.42 Å². The van der Waals surface area contributed by atoms with Gasteiger partial charge in [0.2, 0.25) is 0 Å². The van der Waals surface area contributed by atoms with Gasteiger partial charge in [0.15, 0.2) is 12.1 Å². The molecule has 2 rings (SSSR count). The molecule has 0 amide bonds. The molecule has 2 heterocycles. The zero-order valence-corrected chi connectivity index (χ0v) is 11.3. The third-order valence-corrected chi connectivity index (χ3v) is 3.72. The average molecular weight is 278 g/mol. The third kappa shape index (κ3) is 2.69. The number of rotatable bonds is 3. The highest BCUT2D eigenvalue weighted by Crippen LogP contribution is 2.42. The first kappa shape index (κ1) is 14.9. The van der Waals surface area contributed by atoms with E-state index in [0.29, 0.717) is 24.9 Å². The van der Waals surface area contributed by atoms with Crippen LogP contribution >= 0.6 is 0 Å². The monoisotopic (exact) mass is 278 g/mol. The predicted octanol–water partition coefficient (Wildman–Crippen LogP) is 0.320. The van der Waals surface area contributed by atoms with Crippen LogP contribution in [0, 0.1) is 12.3 Å². The van der Waals surface area contributed by atoms with Crippen LogP contribution < -0.4 is 0 Å². The van der Waals surface area contributed by atoms with Crippen LogP contribution in [0.3, 0.4) is 0 Å². The standard InChI is InChI=1S/C15H18O5/c1-3-4-11(7-16)12-5-15(19-9-10(12)2)6-13(18)14(8-17)20-15/h1,4,7,13-14,17-18H,5-6,8-9H2,2H3/b11-4-/t13-,14+,15-/m0/s1. The van der Waals surface area contributed by atoms with Crippen LogP contribution in [0.4, 0.5) is 0 Å². The molecule has 2 N–H and O–H groups in total. The van der Waals surface area contributed by atoms with Crippen LogP contribution in [-0.4, -0.2) is 47.7 Å². The average Bonchev–Trinajstić information content (AvgIpc) is 2.75. The molecule has 1 fully saturated rings. The van der Waals surface area contributed by atoms with Crippen molar-refractivity contribution >= 4 is 6.29 Å². The summed E-state index contributed by atoms with van der Waals surface area (Å²) in [6.07, 6.45) is 6.51. The first-order chi connectivity index (χ1) is 9.55. The van der Waals surface area contributed by atoms with Crippen molar-refractivity contribution in [2.24, 2.45) is 0 Å². The number of hydrogen-bond acceptors (Lipinski definition) is 5. The molecule has 2 aliphatic heterocycles. The molecular formula is C15H18O5. The maximum absolute atomic E-state index is 11.2. The summed E-state index contributed by atoms with van der Waals surface area (Å²) in [4.78, 5) is 11.2. The fourth-order valence-corrected chi connectivity index (χ4v) is 2.65. The van der Waals surface area contributed by atoms with Crippen molar-refractivity contribution in [3.8, 4) is 12.3 Å². The van der Waals surface area contributed by atoms with E-state index < -0.39 is 18.0 Å².